The molecular weight excluding hydrogens is 391 g/mol. The maximum atomic E-state index is 14.2. The van der Waals surface area contributed by atoms with E-state index < -0.39 is 26.6 Å². The summed E-state index contributed by atoms with van der Waals surface area (Å²) in [5.74, 6) is -1.32. The average Bonchev–Trinajstić information content (AvgIpc) is 2.68. The molecule has 3 rings (SSSR count). The summed E-state index contributed by atoms with van der Waals surface area (Å²) in [5, 5.41) is 3.29. The van der Waals surface area contributed by atoms with Crippen LogP contribution in [-0.4, -0.2) is 31.7 Å². The predicted octanol–water partition coefficient (Wildman–Crippen LogP) is 3.58. The van der Waals surface area contributed by atoms with Gasteiger partial charge in [0.1, 0.15) is 10.7 Å². The van der Waals surface area contributed by atoms with Gasteiger partial charge < -0.3 is 5.32 Å². The first-order chi connectivity index (χ1) is 12.9. The fourth-order valence-corrected chi connectivity index (χ4v) is 4.71. The summed E-state index contributed by atoms with van der Waals surface area (Å²) in [4.78, 5) is 11.9. The van der Waals surface area contributed by atoms with Crippen LogP contribution < -0.4 is 5.32 Å². The number of carbonyl (C=O) groups is 1. The van der Waals surface area contributed by atoms with Crippen LogP contribution in [0.3, 0.4) is 0 Å². The van der Waals surface area contributed by atoms with Gasteiger partial charge in [0.2, 0.25) is 10.0 Å². The monoisotopic (exact) mass is 410 g/mol. The van der Waals surface area contributed by atoms with Gasteiger partial charge in [-0.3, -0.25) is 4.79 Å². The Bertz CT molecular complexity index is 926. The third-order valence-electron chi connectivity index (χ3n) is 4.49. The van der Waals surface area contributed by atoms with Crippen LogP contribution in [0.5, 0.6) is 0 Å². The van der Waals surface area contributed by atoms with Crippen molar-refractivity contribution in [1.82, 2.24) is 9.62 Å². The van der Waals surface area contributed by atoms with Gasteiger partial charge in [0, 0.05) is 30.2 Å². The molecule has 27 heavy (non-hydrogen) atoms. The minimum atomic E-state index is -3.96. The normalized spacial score (nSPS) is 15.5. The molecule has 1 aliphatic heterocycles. The Labute approximate surface area is 163 Å². The second-order valence-corrected chi connectivity index (χ2v) is 8.76. The molecule has 0 saturated carbocycles. The second-order valence-electron chi connectivity index (χ2n) is 6.42. The van der Waals surface area contributed by atoms with Crippen LogP contribution in [0.15, 0.2) is 47.4 Å². The Morgan fingerprint density at radius 1 is 1.07 bits per heavy atom. The molecular formula is C19H20ClFN2O3S. The molecule has 8 heteroatoms. The number of hydrogen-bond acceptors (Lipinski definition) is 3. The first-order valence-electron chi connectivity index (χ1n) is 8.70. The maximum Gasteiger partial charge on any atom is 0.251 e. The van der Waals surface area contributed by atoms with Crippen molar-refractivity contribution < 1.29 is 17.6 Å². The van der Waals surface area contributed by atoms with Gasteiger partial charge >= 0.3 is 0 Å². The molecule has 0 bridgehead atoms. The number of carbonyl (C=O) groups excluding carboxylic acids is 1. The van der Waals surface area contributed by atoms with Crippen molar-refractivity contribution in [2.45, 2.75) is 30.7 Å². The zero-order valence-electron chi connectivity index (χ0n) is 14.6. The molecule has 5 nitrogen and oxygen atoms in total. The summed E-state index contributed by atoms with van der Waals surface area (Å²) >= 11 is 5.83. The Hall–Kier alpha value is -1.96. The minimum Gasteiger partial charge on any atom is -0.348 e. The Morgan fingerprint density at radius 2 is 1.74 bits per heavy atom. The maximum absolute atomic E-state index is 14.2. The van der Waals surface area contributed by atoms with Gasteiger partial charge in [-0.2, -0.15) is 4.31 Å². The Kier molecular flexibility index (Phi) is 6.14. The molecule has 0 aromatic heterocycles. The average molecular weight is 411 g/mol. The van der Waals surface area contributed by atoms with E-state index in [0.717, 1.165) is 37.0 Å². The lowest BCUT2D eigenvalue weighted by Crippen LogP contribution is -2.36. The fraction of sp³-hybridized carbons (Fsp3) is 0.316. The SMILES string of the molecule is O=C(NCc1ccc(Cl)cc1)c1ccc(F)c(S(=O)(=O)N2CCCCC2)c1. The van der Waals surface area contributed by atoms with Gasteiger partial charge in [0.05, 0.1) is 0 Å². The van der Waals surface area contributed by atoms with E-state index in [-0.39, 0.29) is 12.1 Å². The van der Waals surface area contributed by atoms with Gasteiger partial charge in [-0.25, -0.2) is 12.8 Å². The molecule has 1 saturated heterocycles. The van der Waals surface area contributed by atoms with Gasteiger partial charge in [-0.05, 0) is 48.7 Å². The van der Waals surface area contributed by atoms with Crippen LogP contribution in [0, 0.1) is 5.82 Å². The summed E-state index contributed by atoms with van der Waals surface area (Å²) in [6.07, 6.45) is 2.46. The molecule has 1 amide bonds. The summed E-state index contributed by atoms with van der Waals surface area (Å²) < 4.78 is 41.0. The van der Waals surface area contributed by atoms with Crippen molar-refractivity contribution in [3.05, 3.63) is 64.4 Å². The molecule has 0 atom stereocenters. The van der Waals surface area contributed by atoms with Crippen LogP contribution >= 0.6 is 11.6 Å². The van der Waals surface area contributed by atoms with E-state index in [4.69, 9.17) is 11.6 Å². The Balaban J connectivity index is 1.77. The van der Waals surface area contributed by atoms with Gasteiger partial charge in [-0.15, -0.1) is 0 Å². The molecule has 144 valence electrons. The summed E-state index contributed by atoms with van der Waals surface area (Å²) in [6.45, 7) is 0.991. The van der Waals surface area contributed by atoms with E-state index in [1.807, 2.05) is 0 Å². The quantitative estimate of drug-likeness (QED) is 0.819. The molecule has 0 unspecified atom stereocenters. The molecule has 1 fully saturated rings. The smallest absolute Gasteiger partial charge is 0.251 e. The lowest BCUT2D eigenvalue weighted by molar-refractivity contribution is 0.0950. The lowest BCUT2D eigenvalue weighted by Gasteiger charge is -2.26. The molecule has 0 aliphatic carbocycles. The van der Waals surface area contributed by atoms with Gasteiger partial charge in [0.15, 0.2) is 0 Å². The number of nitrogens with one attached hydrogen (secondary N) is 1. The highest BCUT2D eigenvalue weighted by Crippen LogP contribution is 2.24. The summed E-state index contributed by atoms with van der Waals surface area (Å²) in [5.41, 5.74) is 0.942. The van der Waals surface area contributed by atoms with E-state index in [2.05, 4.69) is 5.32 Å². The van der Waals surface area contributed by atoms with Crippen molar-refractivity contribution in [3.63, 3.8) is 0 Å². The molecule has 2 aromatic carbocycles. The second kappa shape index (κ2) is 8.37. The van der Waals surface area contributed by atoms with Crippen molar-refractivity contribution in [1.29, 1.82) is 0 Å². The number of sulfonamides is 1. The van der Waals surface area contributed by atoms with E-state index in [9.17, 15) is 17.6 Å². The van der Waals surface area contributed by atoms with Crippen molar-refractivity contribution in [3.8, 4) is 0 Å². The van der Waals surface area contributed by atoms with Crippen molar-refractivity contribution in [2.24, 2.45) is 0 Å². The van der Waals surface area contributed by atoms with E-state index in [1.165, 1.54) is 10.4 Å². The van der Waals surface area contributed by atoms with Gasteiger partial charge in [0.25, 0.3) is 5.91 Å². The molecule has 1 N–H and O–H groups in total. The van der Waals surface area contributed by atoms with Crippen LogP contribution in [-0.2, 0) is 16.6 Å². The predicted molar refractivity (Wildman–Crippen MR) is 102 cm³/mol. The van der Waals surface area contributed by atoms with Crippen LogP contribution in [0.2, 0.25) is 5.02 Å². The number of hydrogen-bond donors (Lipinski definition) is 1. The largest absolute Gasteiger partial charge is 0.348 e. The number of amides is 1. The number of halogens is 2. The number of benzene rings is 2. The van der Waals surface area contributed by atoms with Crippen LogP contribution in [0.25, 0.3) is 0 Å². The van der Waals surface area contributed by atoms with E-state index >= 15 is 0 Å². The van der Waals surface area contributed by atoms with E-state index in [0.29, 0.717) is 18.1 Å². The fourth-order valence-electron chi connectivity index (χ4n) is 2.97. The molecule has 1 aliphatic rings. The standard InChI is InChI=1S/C19H20ClFN2O3S/c20-16-7-4-14(5-8-16)13-22-19(24)15-6-9-17(21)18(12-15)27(25,26)23-10-2-1-3-11-23/h4-9,12H,1-3,10-11,13H2,(H,22,24). The summed E-state index contributed by atoms with van der Waals surface area (Å²) in [7, 11) is -3.96. The van der Waals surface area contributed by atoms with Crippen LogP contribution in [0.1, 0.15) is 35.2 Å². The first-order valence-corrected chi connectivity index (χ1v) is 10.5. The highest BCUT2D eigenvalue weighted by atomic mass is 35.5. The number of piperidine rings is 1. The molecule has 0 spiro atoms. The zero-order chi connectivity index (χ0) is 19.4. The first kappa shape index (κ1) is 19.8. The molecule has 2 aromatic rings. The van der Waals surface area contributed by atoms with Crippen molar-refractivity contribution >= 4 is 27.5 Å². The van der Waals surface area contributed by atoms with Gasteiger partial charge in [-0.1, -0.05) is 30.2 Å². The highest BCUT2D eigenvalue weighted by Gasteiger charge is 2.29. The third-order valence-corrected chi connectivity index (χ3v) is 6.66. The van der Waals surface area contributed by atoms with Crippen molar-refractivity contribution in [2.75, 3.05) is 13.1 Å². The number of rotatable bonds is 5. The highest BCUT2D eigenvalue weighted by molar-refractivity contribution is 7.89. The summed E-state index contributed by atoms with van der Waals surface area (Å²) in [6, 6.07) is 10.4. The third kappa shape index (κ3) is 4.66. The topological polar surface area (TPSA) is 66.5 Å². The Morgan fingerprint density at radius 3 is 2.41 bits per heavy atom. The van der Waals surface area contributed by atoms with E-state index in [1.54, 1.807) is 24.3 Å². The molecule has 1 heterocycles. The number of nitrogens with zero attached hydrogens (tertiary/aromatic N) is 1. The minimum absolute atomic E-state index is 0.0981. The lowest BCUT2D eigenvalue weighted by atomic mass is 10.2. The van der Waals surface area contributed by atoms with Crippen LogP contribution in [0.4, 0.5) is 4.39 Å². The molecule has 0 radical (unpaired) electrons. The zero-order valence-corrected chi connectivity index (χ0v) is 16.2.